The number of carbonyl (C=O) groups excluding carboxylic acids is 1. The molecule has 1 N–H and O–H groups in total. The number of nitrogens with zero attached hydrogens (tertiary/aromatic N) is 2. The lowest BCUT2D eigenvalue weighted by Crippen LogP contribution is -2.07. The number of alkyl halides is 3. The minimum Gasteiger partial charge on any atom is -0.287 e. The lowest BCUT2D eigenvalue weighted by molar-refractivity contribution is -0.137. The van der Waals surface area contributed by atoms with Crippen LogP contribution in [0.2, 0.25) is 10.0 Å². The third-order valence-electron chi connectivity index (χ3n) is 2.65. The van der Waals surface area contributed by atoms with E-state index in [9.17, 15) is 18.0 Å². The third kappa shape index (κ3) is 4.67. The van der Waals surface area contributed by atoms with E-state index in [1.807, 2.05) is 0 Å². The summed E-state index contributed by atoms with van der Waals surface area (Å²) in [6, 6.07) is 6.84. The quantitative estimate of drug-likeness (QED) is 0.488. The molecule has 0 fully saturated rings. The first-order chi connectivity index (χ1) is 10.8. The van der Waals surface area contributed by atoms with E-state index in [1.54, 1.807) is 12.1 Å². The Bertz CT molecular complexity index is 746. The van der Waals surface area contributed by atoms with Gasteiger partial charge >= 0.3 is 6.18 Å². The lowest BCUT2D eigenvalue weighted by Gasteiger charge is -2.08. The van der Waals surface area contributed by atoms with Gasteiger partial charge in [-0.25, -0.2) is 4.98 Å². The van der Waals surface area contributed by atoms with Crippen LogP contribution in [-0.2, 0) is 6.18 Å². The number of carbonyl (C=O) groups is 1. The van der Waals surface area contributed by atoms with Gasteiger partial charge in [0.25, 0.3) is 0 Å². The number of nitrogens with one attached hydrogen (secondary N) is 1. The zero-order valence-corrected chi connectivity index (χ0v) is 12.7. The molecule has 0 aliphatic rings. The Balaban J connectivity index is 2.05. The van der Waals surface area contributed by atoms with Crippen LogP contribution in [0.25, 0.3) is 0 Å². The van der Waals surface area contributed by atoms with Gasteiger partial charge in [0.2, 0.25) is 5.78 Å². The molecular formula is C14H8Cl2F3N3O. The summed E-state index contributed by atoms with van der Waals surface area (Å²) in [7, 11) is 0. The molecule has 2 rings (SSSR count). The molecule has 0 amide bonds. The van der Waals surface area contributed by atoms with Crippen molar-refractivity contribution in [3.8, 4) is 0 Å². The summed E-state index contributed by atoms with van der Waals surface area (Å²) in [5.41, 5.74) is 1.69. The number of benzene rings is 1. The van der Waals surface area contributed by atoms with Crippen molar-refractivity contribution in [2.45, 2.75) is 6.18 Å². The number of Topliss-reactive ketones (excluding diaryl/α,β-unsaturated/α-hetero) is 1. The standard InChI is InChI=1S/C14H8Cl2F3N3O/c15-10-3-1-8(2-4-10)12(23)7-21-22-13-11(16)5-9(6-20-13)14(17,18)19/h1-7H,(H,20,22)/b21-7-. The molecule has 1 heterocycles. The fourth-order valence-corrected chi connectivity index (χ4v) is 1.85. The molecule has 120 valence electrons. The summed E-state index contributed by atoms with van der Waals surface area (Å²) in [4.78, 5) is 15.3. The molecule has 1 aromatic heterocycles. The van der Waals surface area contributed by atoms with Gasteiger partial charge in [0.15, 0.2) is 5.82 Å². The molecular weight excluding hydrogens is 354 g/mol. The zero-order valence-electron chi connectivity index (χ0n) is 11.2. The maximum atomic E-state index is 12.5. The number of aromatic nitrogens is 1. The van der Waals surface area contributed by atoms with E-state index in [4.69, 9.17) is 23.2 Å². The molecule has 0 saturated carbocycles. The van der Waals surface area contributed by atoms with Gasteiger partial charge in [0.1, 0.15) is 0 Å². The predicted molar refractivity (Wildman–Crippen MR) is 82.1 cm³/mol. The fraction of sp³-hybridized carbons (Fsp3) is 0.0714. The smallest absolute Gasteiger partial charge is 0.287 e. The first-order valence-electron chi connectivity index (χ1n) is 6.09. The van der Waals surface area contributed by atoms with E-state index in [2.05, 4.69) is 15.5 Å². The minimum absolute atomic E-state index is 0.0974. The maximum absolute atomic E-state index is 12.5. The van der Waals surface area contributed by atoms with Gasteiger partial charge < -0.3 is 0 Å². The molecule has 0 aliphatic heterocycles. The topological polar surface area (TPSA) is 54.4 Å². The molecule has 0 unspecified atom stereocenters. The molecule has 0 spiro atoms. The number of pyridine rings is 1. The van der Waals surface area contributed by atoms with Crippen molar-refractivity contribution in [2.24, 2.45) is 5.10 Å². The van der Waals surface area contributed by atoms with Gasteiger partial charge in [-0.05, 0) is 30.3 Å². The molecule has 0 atom stereocenters. The Morgan fingerprint density at radius 2 is 1.87 bits per heavy atom. The molecule has 4 nitrogen and oxygen atoms in total. The van der Waals surface area contributed by atoms with Crippen LogP contribution >= 0.6 is 23.2 Å². The van der Waals surface area contributed by atoms with Gasteiger partial charge in [0.05, 0.1) is 16.8 Å². The number of hydrogen-bond donors (Lipinski definition) is 1. The fourth-order valence-electron chi connectivity index (χ4n) is 1.52. The predicted octanol–water partition coefficient (Wildman–Crippen LogP) is 4.69. The molecule has 0 bridgehead atoms. The summed E-state index contributed by atoms with van der Waals surface area (Å²) in [6.45, 7) is 0. The monoisotopic (exact) mass is 361 g/mol. The summed E-state index contributed by atoms with van der Waals surface area (Å²) in [5.74, 6) is -0.517. The Morgan fingerprint density at radius 3 is 2.43 bits per heavy atom. The van der Waals surface area contributed by atoms with E-state index in [0.29, 0.717) is 22.8 Å². The van der Waals surface area contributed by atoms with Crippen molar-refractivity contribution in [1.82, 2.24) is 4.98 Å². The van der Waals surface area contributed by atoms with Crippen molar-refractivity contribution in [1.29, 1.82) is 0 Å². The molecule has 1 aromatic carbocycles. The molecule has 23 heavy (non-hydrogen) atoms. The van der Waals surface area contributed by atoms with E-state index in [1.165, 1.54) is 12.1 Å². The van der Waals surface area contributed by atoms with E-state index in [-0.39, 0.29) is 10.8 Å². The normalized spacial score (nSPS) is 11.7. The number of hydrogen-bond acceptors (Lipinski definition) is 4. The van der Waals surface area contributed by atoms with Crippen LogP contribution < -0.4 is 5.43 Å². The Labute approximate surface area is 138 Å². The first kappa shape index (κ1) is 17.2. The molecule has 0 saturated heterocycles. The summed E-state index contributed by atoms with van der Waals surface area (Å²) in [5, 5.41) is 3.82. The van der Waals surface area contributed by atoms with Gasteiger partial charge in [-0.1, -0.05) is 23.2 Å². The van der Waals surface area contributed by atoms with Gasteiger partial charge in [-0.2, -0.15) is 18.3 Å². The molecule has 0 aliphatic carbocycles. The maximum Gasteiger partial charge on any atom is 0.417 e. The summed E-state index contributed by atoms with van der Waals surface area (Å²) < 4.78 is 37.4. The number of ketones is 1. The van der Waals surface area contributed by atoms with E-state index >= 15 is 0 Å². The van der Waals surface area contributed by atoms with Crippen molar-refractivity contribution < 1.29 is 18.0 Å². The van der Waals surface area contributed by atoms with Crippen LogP contribution in [0.15, 0.2) is 41.6 Å². The first-order valence-corrected chi connectivity index (χ1v) is 6.84. The molecule has 0 radical (unpaired) electrons. The molecule has 9 heteroatoms. The van der Waals surface area contributed by atoms with Crippen molar-refractivity contribution in [2.75, 3.05) is 5.43 Å². The zero-order chi connectivity index (χ0) is 17.0. The Hall–Kier alpha value is -2.12. The van der Waals surface area contributed by atoms with Gasteiger partial charge in [-0.3, -0.25) is 10.2 Å². The number of anilines is 1. The Kier molecular flexibility index (Phi) is 5.23. The second-order valence-electron chi connectivity index (χ2n) is 4.29. The SMILES string of the molecule is O=C(/C=N\Nc1ncc(C(F)(F)F)cc1Cl)c1ccc(Cl)cc1. The lowest BCUT2D eigenvalue weighted by atomic mass is 10.1. The van der Waals surface area contributed by atoms with Crippen LogP contribution in [0.1, 0.15) is 15.9 Å². The van der Waals surface area contributed by atoms with Crippen LogP contribution in [-0.4, -0.2) is 17.0 Å². The highest BCUT2D eigenvalue weighted by Gasteiger charge is 2.31. The Morgan fingerprint density at radius 1 is 1.22 bits per heavy atom. The number of halogens is 5. The second-order valence-corrected chi connectivity index (χ2v) is 5.14. The average Bonchev–Trinajstić information content (AvgIpc) is 2.48. The average molecular weight is 362 g/mol. The number of rotatable bonds is 4. The highest BCUT2D eigenvalue weighted by Crippen LogP contribution is 2.32. The van der Waals surface area contributed by atoms with Crippen LogP contribution in [0, 0.1) is 0 Å². The van der Waals surface area contributed by atoms with E-state index < -0.39 is 17.5 Å². The van der Waals surface area contributed by atoms with Gasteiger partial charge in [-0.15, -0.1) is 0 Å². The summed E-state index contributed by atoms with van der Waals surface area (Å²) >= 11 is 11.4. The largest absolute Gasteiger partial charge is 0.417 e. The highest BCUT2D eigenvalue weighted by molar-refractivity contribution is 6.36. The van der Waals surface area contributed by atoms with E-state index in [0.717, 1.165) is 6.21 Å². The van der Waals surface area contributed by atoms with Crippen LogP contribution in [0.3, 0.4) is 0 Å². The summed E-state index contributed by atoms with van der Waals surface area (Å²) in [6.07, 6.45) is -2.97. The van der Waals surface area contributed by atoms with Crippen molar-refractivity contribution in [3.05, 3.63) is 57.7 Å². The third-order valence-corrected chi connectivity index (χ3v) is 3.19. The van der Waals surface area contributed by atoms with Crippen molar-refractivity contribution in [3.63, 3.8) is 0 Å². The van der Waals surface area contributed by atoms with Crippen LogP contribution in [0.4, 0.5) is 19.0 Å². The highest BCUT2D eigenvalue weighted by atomic mass is 35.5. The van der Waals surface area contributed by atoms with Crippen LogP contribution in [0.5, 0.6) is 0 Å². The molecule has 2 aromatic rings. The van der Waals surface area contributed by atoms with Gasteiger partial charge in [0, 0.05) is 16.8 Å². The second kappa shape index (κ2) is 6.97. The minimum atomic E-state index is -4.54. The van der Waals surface area contributed by atoms with Crippen molar-refractivity contribution >= 4 is 41.0 Å². The number of hydrazone groups is 1.